The molecule has 0 unspecified atom stereocenters. The molecule has 0 aliphatic heterocycles. The Kier molecular flexibility index (Phi) is 4.39. The molecule has 0 amide bonds. The van der Waals surface area contributed by atoms with Crippen molar-refractivity contribution in [1.29, 1.82) is 0 Å². The highest BCUT2D eigenvalue weighted by Crippen LogP contribution is 2.13. The van der Waals surface area contributed by atoms with E-state index in [-0.39, 0.29) is 5.69 Å². The van der Waals surface area contributed by atoms with Gasteiger partial charge in [0.15, 0.2) is 0 Å². The maximum Gasteiger partial charge on any atom is 0.343 e. The lowest BCUT2D eigenvalue weighted by atomic mass is 10.1. The van der Waals surface area contributed by atoms with Crippen LogP contribution in [0.25, 0.3) is 0 Å². The first-order valence-electron chi connectivity index (χ1n) is 6.62. The van der Waals surface area contributed by atoms with Gasteiger partial charge in [0.25, 0.3) is 0 Å². The summed E-state index contributed by atoms with van der Waals surface area (Å²) in [6.45, 7) is 2.74. The van der Waals surface area contributed by atoms with Crippen molar-refractivity contribution in [2.24, 2.45) is 0 Å². The SMILES string of the molecule is CCCn1c(CCCc2cccc(O)c2)n[nH]c1=O. The van der Waals surface area contributed by atoms with Crippen LogP contribution in [0.5, 0.6) is 5.75 Å². The predicted molar refractivity (Wildman–Crippen MR) is 73.3 cm³/mol. The summed E-state index contributed by atoms with van der Waals surface area (Å²) in [5, 5.41) is 15.9. The van der Waals surface area contributed by atoms with Gasteiger partial charge in [-0.2, -0.15) is 5.10 Å². The van der Waals surface area contributed by atoms with E-state index in [2.05, 4.69) is 10.2 Å². The monoisotopic (exact) mass is 261 g/mol. The Hall–Kier alpha value is -2.04. The second kappa shape index (κ2) is 6.22. The second-order valence-electron chi connectivity index (χ2n) is 4.62. The molecule has 2 N–H and O–H groups in total. The number of hydrogen-bond acceptors (Lipinski definition) is 3. The van der Waals surface area contributed by atoms with Gasteiger partial charge in [-0.25, -0.2) is 9.89 Å². The minimum absolute atomic E-state index is 0.130. The average molecular weight is 261 g/mol. The zero-order chi connectivity index (χ0) is 13.7. The zero-order valence-corrected chi connectivity index (χ0v) is 11.1. The van der Waals surface area contributed by atoms with Gasteiger partial charge in [0.05, 0.1) is 0 Å². The van der Waals surface area contributed by atoms with Gasteiger partial charge < -0.3 is 5.11 Å². The number of aryl methyl sites for hydroxylation is 2. The smallest absolute Gasteiger partial charge is 0.343 e. The summed E-state index contributed by atoms with van der Waals surface area (Å²) in [6, 6.07) is 7.26. The Bertz CT molecular complexity index is 586. The van der Waals surface area contributed by atoms with Gasteiger partial charge in [0, 0.05) is 13.0 Å². The van der Waals surface area contributed by atoms with Crippen LogP contribution in [0.15, 0.2) is 29.1 Å². The van der Waals surface area contributed by atoms with E-state index in [9.17, 15) is 9.90 Å². The van der Waals surface area contributed by atoms with Crippen molar-refractivity contribution < 1.29 is 5.11 Å². The van der Waals surface area contributed by atoms with Gasteiger partial charge in [-0.1, -0.05) is 19.1 Å². The minimum Gasteiger partial charge on any atom is -0.508 e. The number of phenols is 1. The summed E-state index contributed by atoms with van der Waals surface area (Å²) in [6.07, 6.45) is 3.44. The molecular weight excluding hydrogens is 242 g/mol. The number of rotatable bonds is 6. The third-order valence-corrected chi connectivity index (χ3v) is 3.06. The molecule has 0 saturated heterocycles. The lowest BCUT2D eigenvalue weighted by Gasteiger charge is -2.04. The Morgan fingerprint density at radius 1 is 1.37 bits per heavy atom. The van der Waals surface area contributed by atoms with Gasteiger partial charge in [-0.05, 0) is 37.0 Å². The number of nitrogens with one attached hydrogen (secondary N) is 1. The van der Waals surface area contributed by atoms with Crippen LogP contribution in [0.2, 0.25) is 0 Å². The molecule has 1 heterocycles. The lowest BCUT2D eigenvalue weighted by Crippen LogP contribution is -2.18. The molecule has 0 fully saturated rings. The van der Waals surface area contributed by atoms with Crippen molar-refractivity contribution in [3.63, 3.8) is 0 Å². The van der Waals surface area contributed by atoms with Gasteiger partial charge >= 0.3 is 5.69 Å². The first kappa shape index (κ1) is 13.4. The molecule has 2 aromatic rings. The lowest BCUT2D eigenvalue weighted by molar-refractivity contribution is 0.474. The Morgan fingerprint density at radius 2 is 2.21 bits per heavy atom. The summed E-state index contributed by atoms with van der Waals surface area (Å²) in [5.74, 6) is 1.10. The number of aromatic nitrogens is 3. The van der Waals surface area contributed by atoms with E-state index in [0.29, 0.717) is 12.3 Å². The van der Waals surface area contributed by atoms with Crippen molar-refractivity contribution >= 4 is 0 Å². The summed E-state index contributed by atoms with van der Waals surface area (Å²) < 4.78 is 1.70. The molecule has 19 heavy (non-hydrogen) atoms. The van der Waals surface area contributed by atoms with E-state index in [1.807, 2.05) is 19.1 Å². The van der Waals surface area contributed by atoms with Crippen LogP contribution in [0.4, 0.5) is 0 Å². The first-order valence-corrected chi connectivity index (χ1v) is 6.62. The van der Waals surface area contributed by atoms with Crippen molar-refractivity contribution in [1.82, 2.24) is 14.8 Å². The van der Waals surface area contributed by atoms with Gasteiger partial charge in [0.2, 0.25) is 0 Å². The predicted octanol–water partition coefficient (Wildman–Crippen LogP) is 1.86. The summed E-state index contributed by atoms with van der Waals surface area (Å²) in [7, 11) is 0. The molecule has 1 aromatic carbocycles. The number of hydrogen-bond donors (Lipinski definition) is 2. The number of nitrogens with zero attached hydrogens (tertiary/aromatic N) is 2. The van der Waals surface area contributed by atoms with E-state index >= 15 is 0 Å². The molecule has 0 aliphatic rings. The van der Waals surface area contributed by atoms with Gasteiger partial charge in [0.1, 0.15) is 11.6 Å². The fourth-order valence-corrected chi connectivity index (χ4v) is 2.16. The second-order valence-corrected chi connectivity index (χ2v) is 4.62. The van der Waals surface area contributed by atoms with E-state index in [1.165, 1.54) is 0 Å². The summed E-state index contributed by atoms with van der Waals surface area (Å²) in [5.41, 5.74) is 0.967. The maximum absolute atomic E-state index is 11.5. The van der Waals surface area contributed by atoms with Crippen LogP contribution < -0.4 is 5.69 Å². The van der Waals surface area contributed by atoms with E-state index in [1.54, 1.807) is 16.7 Å². The molecule has 102 valence electrons. The fourth-order valence-electron chi connectivity index (χ4n) is 2.16. The Balaban J connectivity index is 1.94. The molecular formula is C14H19N3O2. The number of H-pyrrole nitrogens is 1. The molecule has 0 radical (unpaired) electrons. The minimum atomic E-state index is -0.130. The zero-order valence-electron chi connectivity index (χ0n) is 11.1. The largest absolute Gasteiger partial charge is 0.508 e. The standard InChI is InChI=1S/C14H19N3O2/c1-2-9-17-13(15-16-14(17)19)8-4-6-11-5-3-7-12(18)10-11/h3,5,7,10,18H,2,4,6,8-9H2,1H3,(H,16,19). The quantitative estimate of drug-likeness (QED) is 0.833. The maximum atomic E-state index is 11.5. The summed E-state index contributed by atoms with van der Waals surface area (Å²) in [4.78, 5) is 11.5. The molecule has 0 atom stereocenters. The topological polar surface area (TPSA) is 70.9 Å². The van der Waals surface area contributed by atoms with Crippen molar-refractivity contribution in [3.8, 4) is 5.75 Å². The average Bonchev–Trinajstić information content (AvgIpc) is 2.72. The van der Waals surface area contributed by atoms with Crippen LogP contribution in [-0.2, 0) is 19.4 Å². The molecule has 0 saturated carbocycles. The van der Waals surface area contributed by atoms with Gasteiger partial charge in [-0.3, -0.25) is 4.57 Å². The fraction of sp³-hybridized carbons (Fsp3) is 0.429. The van der Waals surface area contributed by atoms with Crippen molar-refractivity contribution in [2.75, 3.05) is 0 Å². The third kappa shape index (κ3) is 3.47. The Morgan fingerprint density at radius 3 is 2.95 bits per heavy atom. The molecule has 0 spiro atoms. The highest BCUT2D eigenvalue weighted by molar-refractivity contribution is 5.27. The number of benzene rings is 1. The molecule has 5 heteroatoms. The number of aromatic hydroxyl groups is 1. The van der Waals surface area contributed by atoms with E-state index in [4.69, 9.17) is 0 Å². The molecule has 1 aromatic heterocycles. The molecule has 0 aliphatic carbocycles. The highest BCUT2D eigenvalue weighted by Gasteiger charge is 2.07. The van der Waals surface area contributed by atoms with Crippen molar-refractivity contribution in [3.05, 3.63) is 46.1 Å². The van der Waals surface area contributed by atoms with Crippen LogP contribution in [0.1, 0.15) is 31.2 Å². The number of phenolic OH excluding ortho intramolecular Hbond substituents is 1. The number of aromatic amines is 1. The molecule has 2 rings (SSSR count). The first-order chi connectivity index (χ1) is 9.20. The third-order valence-electron chi connectivity index (χ3n) is 3.06. The highest BCUT2D eigenvalue weighted by atomic mass is 16.3. The van der Waals surface area contributed by atoms with Gasteiger partial charge in [-0.15, -0.1) is 0 Å². The van der Waals surface area contributed by atoms with E-state index < -0.39 is 0 Å². The van der Waals surface area contributed by atoms with Crippen LogP contribution >= 0.6 is 0 Å². The molecule has 5 nitrogen and oxygen atoms in total. The molecule has 0 bridgehead atoms. The van der Waals surface area contributed by atoms with Crippen LogP contribution in [0.3, 0.4) is 0 Å². The Labute approximate surface area is 111 Å². The van der Waals surface area contributed by atoms with Crippen molar-refractivity contribution in [2.45, 2.75) is 39.2 Å². The van der Waals surface area contributed by atoms with E-state index in [0.717, 1.165) is 37.1 Å². The van der Waals surface area contributed by atoms with Crippen LogP contribution in [-0.4, -0.2) is 19.9 Å². The normalized spacial score (nSPS) is 10.8. The summed E-state index contributed by atoms with van der Waals surface area (Å²) >= 11 is 0. The van der Waals surface area contributed by atoms with Crippen LogP contribution in [0, 0.1) is 0 Å².